The predicted octanol–water partition coefficient (Wildman–Crippen LogP) is 4.77. The van der Waals surface area contributed by atoms with E-state index in [1.54, 1.807) is 27.4 Å². The number of carbonyl (C=O) groups is 1. The van der Waals surface area contributed by atoms with Gasteiger partial charge in [0.1, 0.15) is 0 Å². The molecule has 0 aliphatic carbocycles. The van der Waals surface area contributed by atoms with Gasteiger partial charge in [-0.25, -0.2) is 0 Å². The minimum absolute atomic E-state index is 0.202. The van der Waals surface area contributed by atoms with Crippen molar-refractivity contribution in [2.45, 2.75) is 40.3 Å². The molecular formula is C27H33N3O4. The fourth-order valence-electron chi connectivity index (χ4n) is 3.83. The highest BCUT2D eigenvalue weighted by molar-refractivity contribution is 5.92. The highest BCUT2D eigenvalue weighted by Crippen LogP contribution is 2.39. The normalized spacial score (nSPS) is 12.0. The molecule has 7 nitrogen and oxygen atoms in total. The number of aryl methyl sites for hydroxylation is 2. The van der Waals surface area contributed by atoms with Crippen molar-refractivity contribution in [1.29, 1.82) is 0 Å². The smallest absolute Gasteiger partial charge is 0.244 e. The van der Waals surface area contributed by atoms with Gasteiger partial charge in [0.05, 0.1) is 39.6 Å². The standard InChI is InChI=1S/C27H33N3O4/c1-17-8-10-21(11-9-17)16-30-20(4)23(19(3)29-30)12-13-26(31)28-18(2)22-14-24(32-5)27(34-7)25(15-22)33-6/h8-15,18H,16H2,1-7H3,(H,28,31)/b13-12+. The Bertz CT molecular complexity index is 1150. The van der Waals surface area contributed by atoms with E-state index in [9.17, 15) is 4.79 Å². The minimum atomic E-state index is -0.266. The van der Waals surface area contributed by atoms with Gasteiger partial charge < -0.3 is 19.5 Å². The maximum atomic E-state index is 12.7. The number of methoxy groups -OCH3 is 3. The third-order valence-electron chi connectivity index (χ3n) is 5.84. The zero-order valence-corrected chi connectivity index (χ0v) is 20.9. The third-order valence-corrected chi connectivity index (χ3v) is 5.84. The zero-order chi connectivity index (χ0) is 24.8. The van der Waals surface area contributed by atoms with Crippen LogP contribution in [-0.4, -0.2) is 37.0 Å². The van der Waals surface area contributed by atoms with Gasteiger partial charge in [-0.1, -0.05) is 29.8 Å². The molecular weight excluding hydrogens is 430 g/mol. The van der Waals surface area contributed by atoms with Crippen LogP contribution in [0.5, 0.6) is 17.2 Å². The van der Waals surface area contributed by atoms with Crippen molar-refractivity contribution in [1.82, 2.24) is 15.1 Å². The molecule has 0 saturated carbocycles. The van der Waals surface area contributed by atoms with Crippen molar-refractivity contribution in [3.63, 3.8) is 0 Å². The van der Waals surface area contributed by atoms with Crippen molar-refractivity contribution in [3.8, 4) is 17.2 Å². The molecule has 0 bridgehead atoms. The molecule has 0 saturated heterocycles. The summed E-state index contributed by atoms with van der Waals surface area (Å²) in [5.74, 6) is 1.40. The first-order valence-corrected chi connectivity index (χ1v) is 11.1. The Kier molecular flexibility index (Phi) is 7.99. The molecule has 7 heteroatoms. The van der Waals surface area contributed by atoms with Crippen LogP contribution >= 0.6 is 0 Å². The number of benzene rings is 2. The SMILES string of the molecule is COc1cc(C(C)NC(=O)/C=C/c2c(C)nn(Cc3ccc(C)cc3)c2C)cc(OC)c1OC. The van der Waals surface area contributed by atoms with Gasteiger partial charge in [-0.2, -0.15) is 5.10 Å². The average molecular weight is 464 g/mol. The number of nitrogens with zero attached hydrogens (tertiary/aromatic N) is 2. The monoisotopic (exact) mass is 463 g/mol. The molecule has 1 heterocycles. The topological polar surface area (TPSA) is 74.6 Å². The van der Waals surface area contributed by atoms with Crippen LogP contribution < -0.4 is 19.5 Å². The third kappa shape index (κ3) is 5.60. The van der Waals surface area contributed by atoms with Crippen LogP contribution in [0.25, 0.3) is 6.08 Å². The largest absolute Gasteiger partial charge is 0.493 e. The number of carbonyl (C=O) groups excluding carboxylic acids is 1. The molecule has 1 N–H and O–H groups in total. The molecule has 180 valence electrons. The maximum absolute atomic E-state index is 12.7. The van der Waals surface area contributed by atoms with E-state index in [2.05, 4.69) is 41.6 Å². The van der Waals surface area contributed by atoms with Crippen LogP contribution in [0.2, 0.25) is 0 Å². The summed E-state index contributed by atoms with van der Waals surface area (Å²) in [7, 11) is 4.69. The maximum Gasteiger partial charge on any atom is 0.244 e. The second kappa shape index (κ2) is 10.9. The first-order chi connectivity index (χ1) is 16.3. The first kappa shape index (κ1) is 24.9. The van der Waals surface area contributed by atoms with E-state index in [4.69, 9.17) is 14.2 Å². The molecule has 0 aliphatic heterocycles. The van der Waals surface area contributed by atoms with Crippen LogP contribution in [0.1, 0.15) is 46.6 Å². The summed E-state index contributed by atoms with van der Waals surface area (Å²) in [6.45, 7) is 8.64. The molecule has 3 rings (SSSR count). The van der Waals surface area contributed by atoms with Gasteiger partial charge >= 0.3 is 0 Å². The number of rotatable bonds is 9. The summed E-state index contributed by atoms with van der Waals surface area (Å²) in [5, 5.41) is 7.66. The van der Waals surface area contributed by atoms with Gasteiger partial charge in [-0.05, 0) is 57.0 Å². The predicted molar refractivity (Wildman–Crippen MR) is 134 cm³/mol. The van der Waals surface area contributed by atoms with Crippen LogP contribution in [0.3, 0.4) is 0 Å². The van der Waals surface area contributed by atoms with Crippen molar-refractivity contribution in [2.75, 3.05) is 21.3 Å². The summed E-state index contributed by atoms with van der Waals surface area (Å²) in [6.07, 6.45) is 3.36. The van der Waals surface area contributed by atoms with E-state index in [0.717, 1.165) is 22.5 Å². The van der Waals surface area contributed by atoms with Crippen LogP contribution in [0.15, 0.2) is 42.5 Å². The van der Waals surface area contributed by atoms with Crippen molar-refractivity contribution < 1.29 is 19.0 Å². The number of ether oxygens (including phenoxy) is 3. The number of amides is 1. The summed E-state index contributed by atoms with van der Waals surface area (Å²) < 4.78 is 18.2. The van der Waals surface area contributed by atoms with E-state index in [0.29, 0.717) is 23.8 Å². The Hall–Kier alpha value is -3.74. The summed E-state index contributed by atoms with van der Waals surface area (Å²) in [5.41, 5.74) is 6.10. The zero-order valence-electron chi connectivity index (χ0n) is 20.9. The number of hydrogen-bond donors (Lipinski definition) is 1. The van der Waals surface area contributed by atoms with Crippen molar-refractivity contribution >= 4 is 12.0 Å². The summed E-state index contributed by atoms with van der Waals surface area (Å²) >= 11 is 0. The molecule has 1 aromatic heterocycles. The van der Waals surface area contributed by atoms with E-state index in [1.807, 2.05) is 43.7 Å². The molecule has 34 heavy (non-hydrogen) atoms. The van der Waals surface area contributed by atoms with Crippen LogP contribution in [0, 0.1) is 20.8 Å². The second-order valence-electron chi connectivity index (χ2n) is 8.25. The van der Waals surface area contributed by atoms with Crippen molar-refractivity contribution in [3.05, 3.63) is 76.1 Å². The van der Waals surface area contributed by atoms with Gasteiger partial charge in [0.2, 0.25) is 11.7 Å². The Morgan fingerprint density at radius 2 is 1.65 bits per heavy atom. The Balaban J connectivity index is 1.72. The van der Waals surface area contributed by atoms with E-state index < -0.39 is 0 Å². The molecule has 0 aliphatic rings. The molecule has 0 spiro atoms. The lowest BCUT2D eigenvalue weighted by Gasteiger charge is -2.18. The quantitative estimate of drug-likeness (QED) is 0.463. The summed E-state index contributed by atoms with van der Waals surface area (Å²) in [4.78, 5) is 12.7. The first-order valence-electron chi connectivity index (χ1n) is 11.1. The average Bonchev–Trinajstić information content (AvgIpc) is 3.09. The fraction of sp³-hybridized carbons (Fsp3) is 0.333. The molecule has 0 radical (unpaired) electrons. The highest BCUT2D eigenvalue weighted by atomic mass is 16.5. The van der Waals surface area contributed by atoms with Crippen molar-refractivity contribution in [2.24, 2.45) is 0 Å². The van der Waals surface area contributed by atoms with Gasteiger partial charge in [0, 0.05) is 17.3 Å². The van der Waals surface area contributed by atoms with Gasteiger partial charge in [0.25, 0.3) is 0 Å². The van der Waals surface area contributed by atoms with Gasteiger partial charge in [0.15, 0.2) is 11.5 Å². The lowest BCUT2D eigenvalue weighted by molar-refractivity contribution is -0.117. The molecule has 1 amide bonds. The van der Waals surface area contributed by atoms with Gasteiger partial charge in [-0.3, -0.25) is 9.48 Å². The fourth-order valence-corrected chi connectivity index (χ4v) is 3.83. The Morgan fingerprint density at radius 1 is 1.03 bits per heavy atom. The second-order valence-corrected chi connectivity index (χ2v) is 8.25. The number of nitrogens with one attached hydrogen (secondary N) is 1. The molecule has 0 fully saturated rings. The Morgan fingerprint density at radius 3 is 2.21 bits per heavy atom. The van der Waals surface area contributed by atoms with Crippen LogP contribution in [-0.2, 0) is 11.3 Å². The molecule has 1 atom stereocenters. The summed E-state index contributed by atoms with van der Waals surface area (Å²) in [6, 6.07) is 11.8. The van der Waals surface area contributed by atoms with E-state index >= 15 is 0 Å². The number of hydrogen-bond acceptors (Lipinski definition) is 5. The van der Waals surface area contributed by atoms with Gasteiger partial charge in [-0.15, -0.1) is 0 Å². The molecule has 2 aromatic carbocycles. The minimum Gasteiger partial charge on any atom is -0.493 e. The lowest BCUT2D eigenvalue weighted by Crippen LogP contribution is -2.24. The molecule has 1 unspecified atom stereocenters. The van der Waals surface area contributed by atoms with E-state index in [1.165, 1.54) is 11.1 Å². The Labute approximate surface area is 201 Å². The molecule has 3 aromatic rings. The lowest BCUT2D eigenvalue weighted by atomic mass is 10.1. The van der Waals surface area contributed by atoms with E-state index in [-0.39, 0.29) is 11.9 Å². The van der Waals surface area contributed by atoms with Crippen LogP contribution in [0.4, 0.5) is 0 Å². The highest BCUT2D eigenvalue weighted by Gasteiger charge is 2.17. The number of aromatic nitrogens is 2.